The second-order valence-corrected chi connectivity index (χ2v) is 10.3. The molecule has 0 fully saturated rings. The molecule has 0 aliphatic heterocycles. The van der Waals surface area contributed by atoms with Gasteiger partial charge in [-0.05, 0) is 70.4 Å². The van der Waals surface area contributed by atoms with Crippen LogP contribution in [0.1, 0.15) is 51.7 Å². The number of esters is 1. The predicted molar refractivity (Wildman–Crippen MR) is 150 cm³/mol. The number of pyridine rings is 1. The van der Waals surface area contributed by atoms with E-state index in [1.807, 2.05) is 87.0 Å². The van der Waals surface area contributed by atoms with Crippen LogP contribution in [0.4, 0.5) is 21.7 Å². The minimum Gasteiger partial charge on any atom is -0.460 e. The lowest BCUT2D eigenvalue weighted by molar-refractivity contribution is -0.154. The van der Waals surface area contributed by atoms with E-state index in [1.54, 1.807) is 6.20 Å². The van der Waals surface area contributed by atoms with Crippen LogP contribution in [0.5, 0.6) is 0 Å². The molecule has 0 radical (unpaired) electrons. The summed E-state index contributed by atoms with van der Waals surface area (Å²) in [7, 11) is 0. The van der Waals surface area contributed by atoms with Crippen LogP contribution in [-0.2, 0) is 22.5 Å². The number of hydrogen-bond donors (Lipinski definition) is 2. The normalized spacial score (nSPS) is 12.1. The molecule has 0 saturated heterocycles. The lowest BCUT2D eigenvalue weighted by Gasteiger charge is -2.23. The fraction of sp³-hybridized carbons (Fsp3) is 0.333. The van der Waals surface area contributed by atoms with E-state index in [0.717, 1.165) is 23.0 Å². The molecule has 4 aromatic rings. The van der Waals surface area contributed by atoms with Gasteiger partial charge in [0.25, 0.3) is 0 Å². The molecule has 0 saturated carbocycles. The van der Waals surface area contributed by atoms with Gasteiger partial charge in [-0.1, -0.05) is 30.3 Å². The fourth-order valence-electron chi connectivity index (χ4n) is 4.33. The Bertz CT molecular complexity index is 1490. The smallest absolute Gasteiger partial charge is 0.306 e. The summed E-state index contributed by atoms with van der Waals surface area (Å²) >= 11 is 0. The zero-order valence-electron chi connectivity index (χ0n) is 22.7. The maximum Gasteiger partial charge on any atom is 0.306 e. The van der Waals surface area contributed by atoms with Gasteiger partial charge < -0.3 is 15.4 Å². The number of carbonyl (C=O) groups excluding carboxylic acids is 1. The lowest BCUT2D eigenvalue weighted by Crippen LogP contribution is -2.28. The summed E-state index contributed by atoms with van der Waals surface area (Å²) in [4.78, 5) is 16.8. The largest absolute Gasteiger partial charge is 0.460 e. The number of ether oxygens (including phenoxy) is 1. The van der Waals surface area contributed by atoms with Crippen molar-refractivity contribution < 1.29 is 13.9 Å². The molecule has 2 aromatic heterocycles. The maximum absolute atomic E-state index is 15.1. The molecule has 2 N–H and O–H groups in total. The van der Waals surface area contributed by atoms with Crippen LogP contribution < -0.4 is 10.6 Å². The average Bonchev–Trinajstić information content (AvgIpc) is 3.31. The van der Waals surface area contributed by atoms with Crippen LogP contribution >= 0.6 is 0 Å². The fourth-order valence-corrected chi connectivity index (χ4v) is 4.33. The summed E-state index contributed by atoms with van der Waals surface area (Å²) in [6.45, 7) is 8.24. The Morgan fingerprint density at radius 1 is 1.15 bits per heavy atom. The zero-order chi connectivity index (χ0) is 28.0. The van der Waals surface area contributed by atoms with Crippen molar-refractivity contribution in [2.75, 3.05) is 10.6 Å². The van der Waals surface area contributed by atoms with Crippen LogP contribution in [0.2, 0.25) is 0 Å². The number of anilines is 3. The van der Waals surface area contributed by atoms with Crippen LogP contribution in [0.15, 0.2) is 60.8 Å². The predicted octanol–water partition coefficient (Wildman–Crippen LogP) is 6.35. The molecule has 0 spiro atoms. The third kappa shape index (κ3) is 7.32. The molecule has 0 amide bonds. The van der Waals surface area contributed by atoms with Crippen LogP contribution in [-0.4, -0.2) is 32.4 Å². The standard InChI is InChI=1S/C30H33FN6O2/c1-5-37-26-13-11-24(16-22(26)19-33-37)34-28-21(18-32)17-25(31)29(36-28)35-23(15-20-9-7-6-8-10-20)12-14-27(38)39-30(2,3)4/h6-11,13,16-17,19,23H,5,12,14-15H2,1-4H3,(H2,34,35,36)/t23-/m0/s1. The van der Waals surface area contributed by atoms with Gasteiger partial charge in [-0.3, -0.25) is 9.48 Å². The van der Waals surface area contributed by atoms with Gasteiger partial charge in [0.2, 0.25) is 0 Å². The molecular weight excluding hydrogens is 495 g/mol. The number of carbonyl (C=O) groups is 1. The highest BCUT2D eigenvalue weighted by molar-refractivity contribution is 5.83. The number of nitriles is 1. The third-order valence-electron chi connectivity index (χ3n) is 6.08. The number of rotatable bonds is 10. The summed E-state index contributed by atoms with van der Waals surface area (Å²) in [5, 5.41) is 21.3. The summed E-state index contributed by atoms with van der Waals surface area (Å²) in [6.07, 6.45) is 2.90. The Kier molecular flexibility index (Phi) is 8.45. The molecule has 39 heavy (non-hydrogen) atoms. The number of nitrogens with one attached hydrogen (secondary N) is 2. The third-order valence-corrected chi connectivity index (χ3v) is 6.08. The number of benzene rings is 2. The van der Waals surface area contributed by atoms with Gasteiger partial charge in [0, 0.05) is 30.1 Å². The first kappa shape index (κ1) is 27.6. The highest BCUT2D eigenvalue weighted by Gasteiger charge is 2.21. The van der Waals surface area contributed by atoms with E-state index in [2.05, 4.69) is 20.7 Å². The van der Waals surface area contributed by atoms with Gasteiger partial charge in [0.05, 0.1) is 17.3 Å². The van der Waals surface area contributed by atoms with Crippen LogP contribution in [0.3, 0.4) is 0 Å². The van der Waals surface area contributed by atoms with E-state index in [-0.39, 0.29) is 35.6 Å². The highest BCUT2D eigenvalue weighted by atomic mass is 19.1. The Morgan fingerprint density at radius 3 is 2.62 bits per heavy atom. The van der Waals surface area contributed by atoms with Gasteiger partial charge in [-0.25, -0.2) is 9.37 Å². The highest BCUT2D eigenvalue weighted by Crippen LogP contribution is 2.27. The van der Waals surface area contributed by atoms with E-state index in [0.29, 0.717) is 18.5 Å². The van der Waals surface area contributed by atoms with Crippen molar-refractivity contribution in [2.24, 2.45) is 0 Å². The zero-order valence-corrected chi connectivity index (χ0v) is 22.7. The molecule has 202 valence electrons. The van der Waals surface area contributed by atoms with Crippen molar-refractivity contribution in [3.8, 4) is 6.07 Å². The molecule has 0 aliphatic carbocycles. The topological polar surface area (TPSA) is 105 Å². The average molecular weight is 529 g/mol. The number of hydrogen-bond acceptors (Lipinski definition) is 7. The van der Waals surface area contributed by atoms with E-state index >= 15 is 4.39 Å². The molecule has 0 bridgehead atoms. The Hall–Kier alpha value is -4.45. The first-order valence-electron chi connectivity index (χ1n) is 13.0. The lowest BCUT2D eigenvalue weighted by atomic mass is 10.0. The van der Waals surface area contributed by atoms with E-state index in [1.165, 1.54) is 6.07 Å². The second kappa shape index (κ2) is 11.9. The Morgan fingerprint density at radius 2 is 1.92 bits per heavy atom. The van der Waals surface area contributed by atoms with Gasteiger partial charge >= 0.3 is 5.97 Å². The van der Waals surface area contributed by atoms with Crippen molar-refractivity contribution in [1.29, 1.82) is 5.26 Å². The van der Waals surface area contributed by atoms with E-state index < -0.39 is 11.4 Å². The van der Waals surface area contributed by atoms with Crippen molar-refractivity contribution in [1.82, 2.24) is 14.8 Å². The second-order valence-electron chi connectivity index (χ2n) is 10.3. The monoisotopic (exact) mass is 528 g/mol. The number of fused-ring (bicyclic) bond motifs is 1. The molecule has 4 rings (SSSR count). The maximum atomic E-state index is 15.1. The molecule has 9 heteroatoms. The van der Waals surface area contributed by atoms with Crippen molar-refractivity contribution in [3.05, 3.63) is 77.7 Å². The molecule has 2 heterocycles. The molecule has 2 aromatic carbocycles. The molecule has 1 atom stereocenters. The number of nitrogens with zero attached hydrogens (tertiary/aromatic N) is 4. The summed E-state index contributed by atoms with van der Waals surface area (Å²) < 4.78 is 22.5. The van der Waals surface area contributed by atoms with Crippen molar-refractivity contribution >= 4 is 34.2 Å². The molecule has 8 nitrogen and oxygen atoms in total. The number of aryl methyl sites for hydroxylation is 1. The van der Waals surface area contributed by atoms with Crippen LogP contribution in [0.25, 0.3) is 10.9 Å². The summed E-state index contributed by atoms with van der Waals surface area (Å²) in [5.74, 6) is -0.734. The Balaban J connectivity index is 1.58. The SMILES string of the molecule is CCn1ncc2cc(Nc3nc(N[C@@H](CCC(=O)OC(C)(C)C)Cc4ccccc4)c(F)cc3C#N)ccc21. The number of aromatic nitrogens is 3. The summed E-state index contributed by atoms with van der Waals surface area (Å²) in [5.41, 5.74) is 2.22. The molecule has 0 unspecified atom stereocenters. The Labute approximate surface area is 227 Å². The van der Waals surface area contributed by atoms with Gasteiger partial charge in [0.15, 0.2) is 17.5 Å². The molecular formula is C30H33FN6O2. The van der Waals surface area contributed by atoms with Crippen molar-refractivity contribution in [3.63, 3.8) is 0 Å². The minimum atomic E-state index is -0.646. The summed E-state index contributed by atoms with van der Waals surface area (Å²) in [6, 6.07) is 18.4. The van der Waals surface area contributed by atoms with E-state index in [4.69, 9.17) is 4.74 Å². The van der Waals surface area contributed by atoms with Gasteiger partial charge in [-0.2, -0.15) is 10.4 Å². The first-order chi connectivity index (χ1) is 18.6. The minimum absolute atomic E-state index is 0.00139. The van der Waals surface area contributed by atoms with Crippen LogP contribution in [0, 0.1) is 17.1 Å². The van der Waals surface area contributed by atoms with Gasteiger partial charge in [-0.15, -0.1) is 0 Å². The number of halogens is 1. The molecule has 0 aliphatic rings. The quantitative estimate of drug-likeness (QED) is 0.231. The first-order valence-corrected chi connectivity index (χ1v) is 13.0. The van der Waals surface area contributed by atoms with E-state index in [9.17, 15) is 10.1 Å². The van der Waals surface area contributed by atoms with Crippen molar-refractivity contribution in [2.45, 2.75) is 65.1 Å². The van der Waals surface area contributed by atoms with Gasteiger partial charge in [0.1, 0.15) is 11.7 Å².